The topological polar surface area (TPSA) is 41.1 Å². The van der Waals surface area contributed by atoms with Crippen LogP contribution < -0.4 is 10.6 Å². The van der Waals surface area contributed by atoms with Crippen molar-refractivity contribution in [1.29, 1.82) is 0 Å². The summed E-state index contributed by atoms with van der Waals surface area (Å²) in [6, 6.07) is 0. The summed E-state index contributed by atoms with van der Waals surface area (Å²) in [5.74, 6) is 0.207. The molecule has 0 bridgehead atoms. The molecule has 2 aliphatic heterocycles. The van der Waals surface area contributed by atoms with Crippen molar-refractivity contribution in [3.8, 4) is 0 Å². The summed E-state index contributed by atoms with van der Waals surface area (Å²) in [4.78, 5) is 10.5. The summed E-state index contributed by atoms with van der Waals surface area (Å²) in [6.45, 7) is 2.03. The van der Waals surface area contributed by atoms with Crippen LogP contribution in [0.4, 0.5) is 0 Å². The van der Waals surface area contributed by atoms with Crippen molar-refractivity contribution in [3.63, 3.8) is 0 Å². The molecule has 0 aromatic rings. The Labute approximate surface area is 53.8 Å². The molecule has 0 aliphatic carbocycles. The minimum atomic E-state index is 0.178. The molecule has 50 valence electrons. The number of rotatable bonds is 0. The van der Waals surface area contributed by atoms with Gasteiger partial charge in [-0.25, -0.2) is 0 Å². The van der Waals surface area contributed by atoms with E-state index < -0.39 is 0 Å². The van der Waals surface area contributed by atoms with Crippen LogP contribution in [0.5, 0.6) is 0 Å². The highest BCUT2D eigenvalue weighted by atomic mass is 16.2. The van der Waals surface area contributed by atoms with Gasteiger partial charge in [-0.15, -0.1) is 0 Å². The smallest absolute Gasteiger partial charge is 0.222 e. The number of carbonyl (C=O) groups is 1. The molecule has 0 aromatic carbocycles. The molecule has 1 atom stereocenters. The lowest BCUT2D eigenvalue weighted by Crippen LogP contribution is -2.62. The van der Waals surface area contributed by atoms with Gasteiger partial charge in [0.15, 0.2) is 0 Å². The van der Waals surface area contributed by atoms with Gasteiger partial charge in [0.25, 0.3) is 0 Å². The monoisotopic (exact) mass is 126 g/mol. The molecule has 1 spiro atoms. The van der Waals surface area contributed by atoms with Gasteiger partial charge in [-0.1, -0.05) is 0 Å². The van der Waals surface area contributed by atoms with Crippen LogP contribution in [0, 0.1) is 0 Å². The molecule has 2 fully saturated rings. The fraction of sp³-hybridized carbons (Fsp3) is 0.833. The van der Waals surface area contributed by atoms with Crippen LogP contribution in [-0.2, 0) is 4.79 Å². The van der Waals surface area contributed by atoms with Gasteiger partial charge in [0.2, 0.25) is 5.91 Å². The Morgan fingerprint density at radius 1 is 1.56 bits per heavy atom. The van der Waals surface area contributed by atoms with Gasteiger partial charge in [-0.05, 0) is 13.0 Å². The molecular weight excluding hydrogens is 116 g/mol. The molecule has 9 heavy (non-hydrogen) atoms. The van der Waals surface area contributed by atoms with Gasteiger partial charge in [-0.3, -0.25) is 4.79 Å². The number of hydrogen-bond acceptors (Lipinski definition) is 2. The second-order valence-electron chi connectivity index (χ2n) is 2.93. The quantitative estimate of drug-likeness (QED) is 0.419. The summed E-state index contributed by atoms with van der Waals surface area (Å²) >= 11 is 0. The number of β-lactam (4-membered cyclic amide) rings is 1. The van der Waals surface area contributed by atoms with E-state index in [4.69, 9.17) is 0 Å². The SMILES string of the molecule is O=C1CC2(CCNC2)N1. The fourth-order valence-corrected chi connectivity index (χ4v) is 1.59. The highest BCUT2D eigenvalue weighted by molar-refractivity contribution is 5.85. The van der Waals surface area contributed by atoms with Crippen LogP contribution in [0.3, 0.4) is 0 Å². The number of amides is 1. The maximum Gasteiger partial charge on any atom is 0.222 e. The average Bonchev–Trinajstić information content (AvgIpc) is 2.12. The van der Waals surface area contributed by atoms with E-state index in [-0.39, 0.29) is 11.4 Å². The van der Waals surface area contributed by atoms with Gasteiger partial charge in [0.1, 0.15) is 0 Å². The molecule has 2 aliphatic rings. The Kier molecular flexibility index (Phi) is 0.858. The first kappa shape index (κ1) is 5.23. The minimum Gasteiger partial charge on any atom is -0.349 e. The van der Waals surface area contributed by atoms with Gasteiger partial charge in [-0.2, -0.15) is 0 Å². The Hall–Kier alpha value is -0.570. The van der Waals surface area contributed by atoms with E-state index in [1.54, 1.807) is 0 Å². The van der Waals surface area contributed by atoms with E-state index in [2.05, 4.69) is 10.6 Å². The highest BCUT2D eigenvalue weighted by Gasteiger charge is 2.44. The molecule has 1 amide bonds. The summed E-state index contributed by atoms with van der Waals surface area (Å²) in [5.41, 5.74) is 0.178. The van der Waals surface area contributed by atoms with Gasteiger partial charge < -0.3 is 10.6 Å². The van der Waals surface area contributed by atoms with Crippen molar-refractivity contribution in [2.75, 3.05) is 13.1 Å². The predicted octanol–water partition coefficient (Wildman–Crippen LogP) is -0.762. The Morgan fingerprint density at radius 3 is 2.78 bits per heavy atom. The van der Waals surface area contributed by atoms with Crippen molar-refractivity contribution in [1.82, 2.24) is 10.6 Å². The molecule has 0 aromatic heterocycles. The molecule has 2 heterocycles. The van der Waals surface area contributed by atoms with Crippen molar-refractivity contribution in [3.05, 3.63) is 0 Å². The van der Waals surface area contributed by atoms with Crippen molar-refractivity contribution < 1.29 is 4.79 Å². The van der Waals surface area contributed by atoms with E-state index in [1.807, 2.05) is 0 Å². The largest absolute Gasteiger partial charge is 0.349 e. The Balaban J connectivity index is 2.03. The number of hydrogen-bond donors (Lipinski definition) is 2. The summed E-state index contributed by atoms with van der Waals surface area (Å²) < 4.78 is 0. The van der Waals surface area contributed by atoms with Gasteiger partial charge >= 0.3 is 0 Å². The van der Waals surface area contributed by atoms with Crippen LogP contribution in [-0.4, -0.2) is 24.5 Å². The third kappa shape index (κ3) is 0.645. The summed E-state index contributed by atoms with van der Waals surface area (Å²) in [7, 11) is 0. The Bertz CT molecular complexity index is 139. The van der Waals surface area contributed by atoms with Crippen LogP contribution in [0.25, 0.3) is 0 Å². The number of nitrogens with one attached hydrogen (secondary N) is 2. The summed E-state index contributed by atoms with van der Waals surface area (Å²) in [6.07, 6.45) is 1.85. The standard InChI is InChI=1S/C6H10N2O/c9-5-3-6(8-5)1-2-7-4-6/h7H,1-4H2,(H,8,9). The van der Waals surface area contributed by atoms with E-state index >= 15 is 0 Å². The Morgan fingerprint density at radius 2 is 2.33 bits per heavy atom. The molecule has 2 N–H and O–H groups in total. The first-order chi connectivity index (χ1) is 4.31. The average molecular weight is 126 g/mol. The van der Waals surface area contributed by atoms with E-state index in [0.29, 0.717) is 0 Å². The molecule has 2 rings (SSSR count). The van der Waals surface area contributed by atoms with Crippen molar-refractivity contribution in [2.24, 2.45) is 0 Å². The fourth-order valence-electron chi connectivity index (χ4n) is 1.59. The molecule has 3 nitrogen and oxygen atoms in total. The lowest BCUT2D eigenvalue weighted by atomic mass is 9.87. The lowest BCUT2D eigenvalue weighted by molar-refractivity contribution is -0.131. The zero-order chi connectivity index (χ0) is 6.32. The van der Waals surface area contributed by atoms with Crippen LogP contribution >= 0.6 is 0 Å². The van der Waals surface area contributed by atoms with Crippen molar-refractivity contribution in [2.45, 2.75) is 18.4 Å². The highest BCUT2D eigenvalue weighted by Crippen LogP contribution is 2.25. The molecule has 0 radical (unpaired) electrons. The van der Waals surface area contributed by atoms with Gasteiger partial charge in [0.05, 0.1) is 12.0 Å². The maximum absolute atomic E-state index is 10.5. The van der Waals surface area contributed by atoms with Crippen molar-refractivity contribution >= 4 is 5.91 Å². The van der Waals surface area contributed by atoms with Crippen LogP contribution in [0.15, 0.2) is 0 Å². The molecule has 1 unspecified atom stereocenters. The van der Waals surface area contributed by atoms with Gasteiger partial charge in [0, 0.05) is 6.54 Å². The molecule has 2 saturated heterocycles. The minimum absolute atomic E-state index is 0.178. The summed E-state index contributed by atoms with van der Waals surface area (Å²) in [5, 5.41) is 6.14. The molecular formula is C6H10N2O. The molecule has 0 saturated carbocycles. The first-order valence-electron chi connectivity index (χ1n) is 3.33. The lowest BCUT2D eigenvalue weighted by Gasteiger charge is -2.37. The van der Waals surface area contributed by atoms with E-state index in [0.717, 1.165) is 25.9 Å². The van der Waals surface area contributed by atoms with Crippen LogP contribution in [0.2, 0.25) is 0 Å². The normalized spacial score (nSPS) is 40.7. The van der Waals surface area contributed by atoms with Crippen LogP contribution in [0.1, 0.15) is 12.8 Å². The third-order valence-corrected chi connectivity index (χ3v) is 2.15. The maximum atomic E-state index is 10.5. The second-order valence-corrected chi connectivity index (χ2v) is 2.93. The second kappa shape index (κ2) is 1.48. The molecule has 3 heteroatoms. The third-order valence-electron chi connectivity index (χ3n) is 2.15. The zero-order valence-electron chi connectivity index (χ0n) is 5.24. The zero-order valence-corrected chi connectivity index (χ0v) is 5.24. The first-order valence-corrected chi connectivity index (χ1v) is 3.33. The van der Waals surface area contributed by atoms with E-state index in [1.165, 1.54) is 0 Å². The predicted molar refractivity (Wildman–Crippen MR) is 33.0 cm³/mol. The van der Waals surface area contributed by atoms with E-state index in [9.17, 15) is 4.79 Å². The number of carbonyl (C=O) groups excluding carboxylic acids is 1.